The van der Waals surface area contributed by atoms with E-state index in [4.69, 9.17) is 9.47 Å². The van der Waals surface area contributed by atoms with Gasteiger partial charge in [-0.05, 0) is 35.7 Å². The summed E-state index contributed by atoms with van der Waals surface area (Å²) < 4.78 is 10.5. The molecule has 3 rings (SSSR count). The summed E-state index contributed by atoms with van der Waals surface area (Å²) in [6.45, 7) is 4.46. The van der Waals surface area contributed by atoms with E-state index >= 15 is 0 Å². The highest BCUT2D eigenvalue weighted by Gasteiger charge is 2.20. The molecule has 25 heavy (non-hydrogen) atoms. The van der Waals surface area contributed by atoms with E-state index in [-0.39, 0.29) is 11.7 Å². The number of ether oxygens (including phenoxy) is 2. The SMILES string of the molecule is COC(=O)CCN1CCOc2c(O)cc(-c3ccccc3C)cc2C1. The Morgan fingerprint density at radius 2 is 2.12 bits per heavy atom. The molecular formula is C20H23NO4. The Labute approximate surface area is 147 Å². The van der Waals surface area contributed by atoms with Crippen LogP contribution >= 0.6 is 0 Å². The number of phenols is 1. The highest BCUT2D eigenvalue weighted by Crippen LogP contribution is 2.38. The lowest BCUT2D eigenvalue weighted by molar-refractivity contribution is -0.141. The minimum absolute atomic E-state index is 0.158. The van der Waals surface area contributed by atoms with E-state index in [0.29, 0.717) is 38.4 Å². The molecule has 0 atom stereocenters. The number of aryl methyl sites for hydroxylation is 1. The highest BCUT2D eigenvalue weighted by molar-refractivity contribution is 5.72. The Morgan fingerprint density at radius 3 is 2.88 bits per heavy atom. The van der Waals surface area contributed by atoms with Gasteiger partial charge >= 0.3 is 5.97 Å². The van der Waals surface area contributed by atoms with Crippen molar-refractivity contribution in [2.75, 3.05) is 26.8 Å². The number of hydrogen-bond acceptors (Lipinski definition) is 5. The fourth-order valence-electron chi connectivity index (χ4n) is 3.15. The van der Waals surface area contributed by atoms with E-state index in [1.54, 1.807) is 6.07 Å². The van der Waals surface area contributed by atoms with Crippen LogP contribution in [0.5, 0.6) is 11.5 Å². The van der Waals surface area contributed by atoms with Crippen LogP contribution in [0.1, 0.15) is 17.5 Å². The van der Waals surface area contributed by atoms with Crippen LogP contribution in [-0.2, 0) is 16.1 Å². The number of carbonyl (C=O) groups excluding carboxylic acids is 1. The molecule has 0 aromatic heterocycles. The number of carbonyl (C=O) groups is 1. The highest BCUT2D eigenvalue weighted by atomic mass is 16.5. The molecule has 0 saturated heterocycles. The number of esters is 1. The summed E-state index contributed by atoms with van der Waals surface area (Å²) in [4.78, 5) is 13.5. The van der Waals surface area contributed by atoms with Gasteiger partial charge in [0.2, 0.25) is 0 Å². The van der Waals surface area contributed by atoms with Gasteiger partial charge in [-0.1, -0.05) is 24.3 Å². The molecular weight excluding hydrogens is 318 g/mol. The van der Waals surface area contributed by atoms with Crippen LogP contribution in [0, 0.1) is 6.92 Å². The molecule has 1 aliphatic heterocycles. The van der Waals surface area contributed by atoms with Crippen LogP contribution in [0.4, 0.5) is 0 Å². The standard InChI is InChI=1S/C20H23NO4/c1-14-5-3-4-6-17(14)15-11-16-13-21(8-7-19(23)24-2)9-10-25-20(16)18(22)12-15/h3-6,11-12,22H,7-10,13H2,1-2H3. The van der Waals surface area contributed by atoms with E-state index in [0.717, 1.165) is 22.3 Å². The van der Waals surface area contributed by atoms with Gasteiger partial charge in [-0.25, -0.2) is 0 Å². The van der Waals surface area contributed by atoms with Gasteiger partial charge in [-0.2, -0.15) is 0 Å². The first kappa shape index (κ1) is 17.3. The summed E-state index contributed by atoms with van der Waals surface area (Å²) in [5.74, 6) is 0.477. The van der Waals surface area contributed by atoms with Crippen molar-refractivity contribution in [1.29, 1.82) is 0 Å². The van der Waals surface area contributed by atoms with Gasteiger partial charge in [0.05, 0.1) is 13.5 Å². The number of rotatable bonds is 4. The molecule has 0 fully saturated rings. The third kappa shape index (κ3) is 3.94. The summed E-state index contributed by atoms with van der Waals surface area (Å²) in [6.07, 6.45) is 0.343. The first-order chi connectivity index (χ1) is 12.1. The van der Waals surface area contributed by atoms with Gasteiger partial charge in [0.25, 0.3) is 0 Å². The third-order valence-electron chi connectivity index (χ3n) is 4.51. The Morgan fingerprint density at radius 1 is 1.32 bits per heavy atom. The Hall–Kier alpha value is -2.53. The van der Waals surface area contributed by atoms with Crippen molar-refractivity contribution in [1.82, 2.24) is 4.90 Å². The van der Waals surface area contributed by atoms with Crippen molar-refractivity contribution in [3.8, 4) is 22.6 Å². The number of benzene rings is 2. The maximum absolute atomic E-state index is 11.4. The quantitative estimate of drug-likeness (QED) is 0.866. The summed E-state index contributed by atoms with van der Waals surface area (Å²) in [6, 6.07) is 11.9. The van der Waals surface area contributed by atoms with E-state index < -0.39 is 0 Å². The minimum Gasteiger partial charge on any atom is -0.504 e. The van der Waals surface area contributed by atoms with Crippen LogP contribution in [0.25, 0.3) is 11.1 Å². The first-order valence-electron chi connectivity index (χ1n) is 8.42. The topological polar surface area (TPSA) is 59.0 Å². The van der Waals surface area contributed by atoms with Crippen LogP contribution in [-0.4, -0.2) is 42.8 Å². The Balaban J connectivity index is 1.89. The van der Waals surface area contributed by atoms with Crippen molar-refractivity contribution < 1.29 is 19.4 Å². The maximum Gasteiger partial charge on any atom is 0.306 e. The molecule has 5 nitrogen and oxygen atoms in total. The van der Waals surface area contributed by atoms with Crippen LogP contribution < -0.4 is 4.74 Å². The van der Waals surface area contributed by atoms with Crippen LogP contribution in [0.3, 0.4) is 0 Å². The largest absolute Gasteiger partial charge is 0.504 e. The van der Waals surface area contributed by atoms with E-state index in [9.17, 15) is 9.90 Å². The summed E-state index contributed by atoms with van der Waals surface area (Å²) >= 11 is 0. The second-order valence-electron chi connectivity index (χ2n) is 6.25. The molecule has 0 saturated carbocycles. The molecule has 0 spiro atoms. The molecule has 1 heterocycles. The van der Waals surface area contributed by atoms with Crippen molar-refractivity contribution in [2.45, 2.75) is 19.9 Å². The van der Waals surface area contributed by atoms with Gasteiger partial charge in [0, 0.05) is 25.2 Å². The van der Waals surface area contributed by atoms with Gasteiger partial charge in [-0.15, -0.1) is 0 Å². The lowest BCUT2D eigenvalue weighted by Gasteiger charge is -2.19. The van der Waals surface area contributed by atoms with E-state index in [2.05, 4.69) is 24.0 Å². The average molecular weight is 341 g/mol. The van der Waals surface area contributed by atoms with Gasteiger partial charge in [-0.3, -0.25) is 9.69 Å². The summed E-state index contributed by atoms with van der Waals surface area (Å²) in [5, 5.41) is 10.4. The average Bonchev–Trinajstić information content (AvgIpc) is 2.82. The lowest BCUT2D eigenvalue weighted by atomic mass is 9.98. The Kier molecular flexibility index (Phi) is 5.24. The second kappa shape index (κ2) is 7.57. The predicted octanol–water partition coefficient (Wildman–Crippen LogP) is 3.13. The molecule has 1 aliphatic rings. The van der Waals surface area contributed by atoms with Gasteiger partial charge in [0.15, 0.2) is 11.5 Å². The second-order valence-corrected chi connectivity index (χ2v) is 6.25. The Bertz CT molecular complexity index is 772. The molecule has 0 amide bonds. The molecule has 1 N–H and O–H groups in total. The van der Waals surface area contributed by atoms with E-state index in [1.807, 2.05) is 18.2 Å². The molecule has 2 aromatic rings. The zero-order chi connectivity index (χ0) is 17.8. The number of hydrogen-bond donors (Lipinski definition) is 1. The molecule has 0 aliphatic carbocycles. The number of nitrogens with zero attached hydrogens (tertiary/aromatic N) is 1. The fraction of sp³-hybridized carbons (Fsp3) is 0.350. The molecule has 0 unspecified atom stereocenters. The van der Waals surface area contributed by atoms with Crippen LogP contribution in [0.2, 0.25) is 0 Å². The van der Waals surface area contributed by atoms with Crippen molar-refractivity contribution in [3.63, 3.8) is 0 Å². The number of fused-ring (bicyclic) bond motifs is 1. The smallest absolute Gasteiger partial charge is 0.306 e. The van der Waals surface area contributed by atoms with Crippen molar-refractivity contribution in [2.24, 2.45) is 0 Å². The molecule has 0 radical (unpaired) electrons. The minimum atomic E-state index is -0.220. The van der Waals surface area contributed by atoms with Gasteiger partial charge in [0.1, 0.15) is 6.61 Å². The van der Waals surface area contributed by atoms with Crippen molar-refractivity contribution in [3.05, 3.63) is 47.5 Å². The molecule has 2 aromatic carbocycles. The van der Waals surface area contributed by atoms with E-state index in [1.165, 1.54) is 7.11 Å². The maximum atomic E-state index is 11.4. The first-order valence-corrected chi connectivity index (χ1v) is 8.42. The predicted molar refractivity (Wildman–Crippen MR) is 95.7 cm³/mol. The molecule has 0 bridgehead atoms. The summed E-state index contributed by atoms with van der Waals surface area (Å²) in [7, 11) is 1.40. The molecule has 132 valence electrons. The summed E-state index contributed by atoms with van der Waals surface area (Å²) in [5.41, 5.74) is 4.14. The zero-order valence-corrected chi connectivity index (χ0v) is 14.6. The third-order valence-corrected chi connectivity index (χ3v) is 4.51. The monoisotopic (exact) mass is 341 g/mol. The van der Waals surface area contributed by atoms with Gasteiger partial charge < -0.3 is 14.6 Å². The fourth-order valence-corrected chi connectivity index (χ4v) is 3.15. The van der Waals surface area contributed by atoms with Crippen LogP contribution in [0.15, 0.2) is 36.4 Å². The van der Waals surface area contributed by atoms with Crippen molar-refractivity contribution >= 4 is 5.97 Å². The molecule has 5 heteroatoms. The number of phenolic OH excluding ortho intramolecular Hbond substituents is 1. The number of aromatic hydroxyl groups is 1. The number of methoxy groups -OCH3 is 1. The zero-order valence-electron chi connectivity index (χ0n) is 14.6. The lowest BCUT2D eigenvalue weighted by Crippen LogP contribution is -2.28. The normalized spacial score (nSPS) is 14.3.